The average Bonchev–Trinajstić information content (AvgIpc) is 2.12. The van der Waals surface area contributed by atoms with Crippen molar-refractivity contribution in [2.24, 2.45) is 5.73 Å². The lowest BCUT2D eigenvalue weighted by molar-refractivity contribution is -0.159. The Hall–Kier alpha value is -1.52. The van der Waals surface area contributed by atoms with Gasteiger partial charge in [0.25, 0.3) is 0 Å². The Morgan fingerprint density at radius 2 is 1.56 bits per heavy atom. The van der Waals surface area contributed by atoms with Gasteiger partial charge in [-0.25, -0.2) is 0 Å². The molecule has 0 radical (unpaired) electrons. The highest BCUT2D eigenvalue weighted by molar-refractivity contribution is 7.81. The number of nitrogens with two attached hydrogens (primary N) is 1. The van der Waals surface area contributed by atoms with Crippen molar-refractivity contribution in [2.45, 2.75) is 12.8 Å². The molecule has 0 saturated heterocycles. The molecule has 0 spiro atoms. The highest BCUT2D eigenvalue weighted by Crippen LogP contribution is 1.98. The van der Waals surface area contributed by atoms with E-state index in [0.29, 0.717) is 0 Å². The minimum absolute atomic E-state index is 0.499. The molecule has 0 unspecified atom stereocenters. The number of esters is 2. The molecule has 92 valence electrons. The van der Waals surface area contributed by atoms with Crippen LogP contribution in [-0.2, 0) is 33.7 Å². The Balaban J connectivity index is 3.93. The third-order valence-electron chi connectivity index (χ3n) is 1.13. The normalized spacial score (nSPS) is 10.6. The summed E-state index contributed by atoms with van der Waals surface area (Å²) >= 11 is 0. The first-order valence-electron chi connectivity index (χ1n) is 3.88. The Bertz CT molecular complexity index is 385. The van der Waals surface area contributed by atoms with Gasteiger partial charge in [-0.1, -0.05) is 0 Å². The monoisotopic (exact) mass is 255 g/mol. The van der Waals surface area contributed by atoms with Crippen molar-refractivity contribution in [2.75, 3.05) is 6.54 Å². The van der Waals surface area contributed by atoms with Crippen LogP contribution in [0.4, 0.5) is 0 Å². The van der Waals surface area contributed by atoms with Crippen molar-refractivity contribution in [3.8, 4) is 0 Å². The van der Waals surface area contributed by atoms with Gasteiger partial charge in [-0.2, -0.15) is 8.42 Å². The maximum atomic E-state index is 10.8. The molecule has 0 aliphatic rings. The first-order valence-corrected chi connectivity index (χ1v) is 5.24. The van der Waals surface area contributed by atoms with E-state index in [1.807, 2.05) is 0 Å². The van der Waals surface area contributed by atoms with Gasteiger partial charge >= 0.3 is 28.3 Å². The number of carbonyl (C=O) groups is 3. The summed E-state index contributed by atoms with van der Waals surface area (Å²) in [6.07, 6.45) is -1.23. The summed E-state index contributed by atoms with van der Waals surface area (Å²) in [5, 5.41) is 0. The number of hydrogen-bond acceptors (Lipinski definition) is 8. The summed E-state index contributed by atoms with van der Waals surface area (Å²) in [6, 6.07) is 0. The molecule has 0 bridgehead atoms. The molecular formula is C6H9NO8S. The molecule has 0 aliphatic heterocycles. The molecular weight excluding hydrogens is 246 g/mol. The van der Waals surface area contributed by atoms with Crippen molar-refractivity contribution in [3.63, 3.8) is 0 Å². The summed E-state index contributed by atoms with van der Waals surface area (Å²) in [4.78, 5) is 31.9. The smallest absolute Gasteiger partial charge is 0.392 e. The summed E-state index contributed by atoms with van der Waals surface area (Å²) in [5.74, 6) is -3.38. The van der Waals surface area contributed by atoms with E-state index in [1.54, 1.807) is 0 Å². The molecule has 10 heteroatoms. The molecule has 0 amide bonds. The van der Waals surface area contributed by atoms with Crippen LogP contribution >= 0.6 is 0 Å². The Labute approximate surface area is 90.5 Å². The standard InChI is InChI=1S/C6H9NO8S/c7-3-6(10)14-4(8)1-2-5(9)15-16(11,12)13/h1-3,7H2,(H,11,12,13). The van der Waals surface area contributed by atoms with Crippen molar-refractivity contribution in [1.29, 1.82) is 0 Å². The summed E-state index contributed by atoms with van der Waals surface area (Å²) < 4.78 is 35.7. The number of hydrogen-bond donors (Lipinski definition) is 2. The summed E-state index contributed by atoms with van der Waals surface area (Å²) in [7, 11) is -4.89. The largest absolute Gasteiger partial charge is 0.448 e. The molecule has 0 heterocycles. The third-order valence-corrected chi connectivity index (χ3v) is 1.52. The molecule has 3 N–H and O–H groups in total. The average molecular weight is 255 g/mol. The molecule has 9 nitrogen and oxygen atoms in total. The van der Waals surface area contributed by atoms with Gasteiger partial charge in [0.15, 0.2) is 0 Å². The zero-order valence-corrected chi connectivity index (χ0v) is 8.73. The van der Waals surface area contributed by atoms with Crippen molar-refractivity contribution in [1.82, 2.24) is 0 Å². The van der Waals surface area contributed by atoms with Crippen LogP contribution < -0.4 is 5.73 Å². The minimum atomic E-state index is -4.89. The zero-order chi connectivity index (χ0) is 12.8. The Morgan fingerprint density at radius 3 is 2.00 bits per heavy atom. The molecule has 16 heavy (non-hydrogen) atoms. The number of rotatable bonds is 5. The minimum Gasteiger partial charge on any atom is -0.392 e. The summed E-state index contributed by atoms with van der Waals surface area (Å²) in [5.41, 5.74) is 4.83. The maximum absolute atomic E-state index is 10.8. The number of carbonyl (C=O) groups excluding carboxylic acids is 3. The summed E-state index contributed by atoms with van der Waals surface area (Å²) in [6.45, 7) is -0.499. The topological polar surface area (TPSA) is 150 Å². The van der Waals surface area contributed by atoms with Gasteiger partial charge in [0.2, 0.25) is 0 Å². The molecule has 0 fully saturated rings. The third kappa shape index (κ3) is 7.84. The molecule has 0 atom stereocenters. The van der Waals surface area contributed by atoms with Gasteiger partial charge < -0.3 is 14.7 Å². The molecule has 0 aliphatic carbocycles. The van der Waals surface area contributed by atoms with Crippen molar-refractivity contribution in [3.05, 3.63) is 0 Å². The van der Waals surface area contributed by atoms with Crippen LogP contribution in [0.15, 0.2) is 0 Å². The van der Waals surface area contributed by atoms with Gasteiger partial charge in [0, 0.05) is 0 Å². The predicted octanol–water partition coefficient (Wildman–Crippen LogP) is -1.86. The van der Waals surface area contributed by atoms with E-state index in [0.717, 1.165) is 0 Å². The fourth-order valence-electron chi connectivity index (χ4n) is 0.583. The maximum Gasteiger partial charge on any atom is 0.448 e. The fraction of sp³-hybridized carbons (Fsp3) is 0.500. The second-order valence-corrected chi connectivity index (χ2v) is 3.46. The van der Waals surface area contributed by atoms with E-state index < -0.39 is 47.7 Å². The van der Waals surface area contributed by atoms with Gasteiger partial charge in [0.1, 0.15) is 0 Å². The van der Waals surface area contributed by atoms with Crippen LogP contribution in [0.1, 0.15) is 12.8 Å². The van der Waals surface area contributed by atoms with E-state index in [2.05, 4.69) is 8.92 Å². The van der Waals surface area contributed by atoms with Crippen LogP contribution in [0.5, 0.6) is 0 Å². The van der Waals surface area contributed by atoms with Gasteiger partial charge in [-0.05, 0) is 0 Å². The fourth-order valence-corrected chi connectivity index (χ4v) is 0.901. The highest BCUT2D eigenvalue weighted by atomic mass is 32.3. The van der Waals surface area contributed by atoms with Crippen LogP contribution in [0.3, 0.4) is 0 Å². The highest BCUT2D eigenvalue weighted by Gasteiger charge is 2.16. The second-order valence-electron chi connectivity index (χ2n) is 2.43. The van der Waals surface area contributed by atoms with Gasteiger partial charge in [-0.3, -0.25) is 18.9 Å². The first-order chi connectivity index (χ1) is 7.24. The second kappa shape index (κ2) is 6.15. The zero-order valence-electron chi connectivity index (χ0n) is 7.91. The van der Waals surface area contributed by atoms with Crippen LogP contribution in [0.2, 0.25) is 0 Å². The van der Waals surface area contributed by atoms with E-state index in [4.69, 9.17) is 10.3 Å². The van der Waals surface area contributed by atoms with Crippen LogP contribution in [-0.4, -0.2) is 37.4 Å². The Morgan fingerprint density at radius 1 is 1.06 bits per heavy atom. The van der Waals surface area contributed by atoms with Crippen LogP contribution in [0, 0.1) is 0 Å². The van der Waals surface area contributed by atoms with E-state index in [1.165, 1.54) is 0 Å². The lowest BCUT2D eigenvalue weighted by Crippen LogP contribution is -2.21. The van der Waals surface area contributed by atoms with E-state index in [9.17, 15) is 22.8 Å². The predicted molar refractivity (Wildman–Crippen MR) is 47.0 cm³/mol. The molecule has 0 aromatic carbocycles. The van der Waals surface area contributed by atoms with Crippen molar-refractivity contribution < 1.29 is 36.3 Å². The lowest BCUT2D eigenvalue weighted by atomic mass is 10.3. The van der Waals surface area contributed by atoms with Gasteiger partial charge in [0.05, 0.1) is 19.4 Å². The first kappa shape index (κ1) is 14.5. The van der Waals surface area contributed by atoms with Crippen LogP contribution in [0.25, 0.3) is 0 Å². The molecule has 0 aromatic heterocycles. The van der Waals surface area contributed by atoms with E-state index in [-0.39, 0.29) is 0 Å². The molecule has 0 rings (SSSR count). The Kier molecular flexibility index (Phi) is 5.56. The molecule has 0 saturated carbocycles. The van der Waals surface area contributed by atoms with Crippen molar-refractivity contribution >= 4 is 28.3 Å². The van der Waals surface area contributed by atoms with Gasteiger partial charge in [-0.15, -0.1) is 0 Å². The SMILES string of the molecule is NCC(=O)OC(=O)CCC(=O)OS(=O)(=O)O. The quantitative estimate of drug-likeness (QED) is 0.327. The lowest BCUT2D eigenvalue weighted by Gasteiger charge is -2.00. The number of ether oxygens (including phenoxy) is 1. The van der Waals surface area contributed by atoms with E-state index >= 15 is 0 Å². The molecule has 0 aromatic rings.